The van der Waals surface area contributed by atoms with Crippen LogP contribution in [-0.2, 0) is 13.6 Å². The molecule has 6 heteroatoms. The molecule has 4 rings (SSSR count). The number of carbonyl (C=O) groups excluding carboxylic acids is 1. The topological polar surface area (TPSA) is 64.7 Å². The van der Waals surface area contributed by atoms with Gasteiger partial charge in [-0.1, -0.05) is 12.1 Å². The van der Waals surface area contributed by atoms with Crippen LogP contribution in [0.5, 0.6) is 0 Å². The zero-order valence-electron chi connectivity index (χ0n) is 14.7. The van der Waals surface area contributed by atoms with Gasteiger partial charge in [0.25, 0.3) is 5.91 Å². The van der Waals surface area contributed by atoms with Crippen molar-refractivity contribution in [2.75, 3.05) is 5.32 Å². The summed E-state index contributed by atoms with van der Waals surface area (Å²) >= 11 is 0. The van der Waals surface area contributed by atoms with E-state index < -0.39 is 0 Å². The second-order valence-electron chi connectivity index (χ2n) is 6.04. The molecule has 6 nitrogen and oxygen atoms in total. The molecule has 1 amide bonds. The number of aryl methyl sites for hydroxylation is 2. The number of hydrogen-bond donors (Lipinski definition) is 1. The number of imidazole rings is 1. The summed E-state index contributed by atoms with van der Waals surface area (Å²) in [4.78, 5) is 17.0. The molecule has 0 bridgehead atoms. The summed E-state index contributed by atoms with van der Waals surface area (Å²) in [5, 5.41) is 6.91. The molecular weight excluding hydrogens is 326 g/mol. The Morgan fingerprint density at radius 3 is 2.54 bits per heavy atom. The molecule has 2 aromatic carbocycles. The van der Waals surface area contributed by atoms with Crippen LogP contribution >= 0.6 is 0 Å². The van der Waals surface area contributed by atoms with Gasteiger partial charge < -0.3 is 9.88 Å². The van der Waals surface area contributed by atoms with Gasteiger partial charge in [0, 0.05) is 31.0 Å². The fraction of sp³-hybridized carbons (Fsp3) is 0.150. The van der Waals surface area contributed by atoms with E-state index in [9.17, 15) is 4.79 Å². The molecule has 0 unspecified atom stereocenters. The maximum absolute atomic E-state index is 12.3. The Morgan fingerprint density at radius 2 is 1.85 bits per heavy atom. The van der Waals surface area contributed by atoms with Crippen LogP contribution in [0.15, 0.2) is 60.8 Å². The minimum Gasteiger partial charge on any atom is -0.324 e. The van der Waals surface area contributed by atoms with Crippen LogP contribution in [0.1, 0.15) is 17.4 Å². The molecule has 2 aromatic heterocycles. The lowest BCUT2D eigenvalue weighted by molar-refractivity contribution is 0.101. The smallest absolute Gasteiger partial charge is 0.273 e. The molecule has 1 N–H and O–H groups in total. The standard InChI is InChI=1S/C20H19N5O/c1-3-25-17-7-5-4-6-16(17)23-19(25)14-8-10-15(11-9-14)22-20(26)18-12-13-21-24(18)2/h4-13H,3H2,1-2H3,(H,22,26). The molecule has 0 saturated carbocycles. The van der Waals surface area contributed by atoms with Gasteiger partial charge in [0.05, 0.1) is 11.0 Å². The molecule has 2 heterocycles. The van der Waals surface area contributed by atoms with Gasteiger partial charge in [0.1, 0.15) is 11.5 Å². The van der Waals surface area contributed by atoms with Gasteiger partial charge in [-0.2, -0.15) is 5.10 Å². The first-order chi connectivity index (χ1) is 12.7. The first kappa shape index (κ1) is 16.1. The number of hydrogen-bond acceptors (Lipinski definition) is 3. The summed E-state index contributed by atoms with van der Waals surface area (Å²) < 4.78 is 3.74. The third-order valence-corrected chi connectivity index (χ3v) is 4.43. The van der Waals surface area contributed by atoms with Gasteiger partial charge in [-0.05, 0) is 49.4 Å². The Bertz CT molecular complexity index is 1080. The van der Waals surface area contributed by atoms with Gasteiger partial charge in [-0.25, -0.2) is 4.98 Å². The predicted molar refractivity (Wildman–Crippen MR) is 102 cm³/mol. The minimum absolute atomic E-state index is 0.182. The molecule has 26 heavy (non-hydrogen) atoms. The Hall–Kier alpha value is -3.41. The van der Waals surface area contributed by atoms with Crippen LogP contribution in [-0.4, -0.2) is 25.2 Å². The molecule has 0 aliphatic rings. The van der Waals surface area contributed by atoms with E-state index in [0.717, 1.165) is 34.7 Å². The van der Waals surface area contributed by atoms with E-state index in [1.165, 1.54) is 0 Å². The highest BCUT2D eigenvalue weighted by Gasteiger charge is 2.13. The molecule has 0 radical (unpaired) electrons. The third-order valence-electron chi connectivity index (χ3n) is 4.43. The van der Waals surface area contributed by atoms with Crippen molar-refractivity contribution in [2.24, 2.45) is 7.05 Å². The van der Waals surface area contributed by atoms with Crippen molar-refractivity contribution in [2.45, 2.75) is 13.5 Å². The molecule has 0 aliphatic heterocycles. The number of para-hydroxylation sites is 2. The number of aromatic nitrogens is 4. The van der Waals surface area contributed by atoms with Gasteiger partial charge in [0.15, 0.2) is 0 Å². The molecule has 130 valence electrons. The van der Waals surface area contributed by atoms with Crippen LogP contribution in [0.3, 0.4) is 0 Å². The van der Waals surface area contributed by atoms with Crippen LogP contribution < -0.4 is 5.32 Å². The Morgan fingerprint density at radius 1 is 1.08 bits per heavy atom. The van der Waals surface area contributed by atoms with Crippen molar-refractivity contribution in [3.8, 4) is 11.4 Å². The van der Waals surface area contributed by atoms with Crippen LogP contribution in [0.25, 0.3) is 22.4 Å². The fourth-order valence-corrected chi connectivity index (χ4v) is 3.11. The van der Waals surface area contributed by atoms with E-state index in [1.54, 1.807) is 24.0 Å². The average Bonchev–Trinajstić information content (AvgIpc) is 3.25. The lowest BCUT2D eigenvalue weighted by Crippen LogP contribution is -2.15. The van der Waals surface area contributed by atoms with Gasteiger partial charge in [0.2, 0.25) is 0 Å². The number of fused-ring (bicyclic) bond motifs is 1. The zero-order valence-corrected chi connectivity index (χ0v) is 14.7. The molecule has 0 spiro atoms. The van der Waals surface area contributed by atoms with Crippen molar-refractivity contribution >= 4 is 22.6 Å². The van der Waals surface area contributed by atoms with E-state index >= 15 is 0 Å². The Labute approximate surface area is 151 Å². The minimum atomic E-state index is -0.182. The number of benzene rings is 2. The Kier molecular flexibility index (Phi) is 4.01. The number of nitrogens with one attached hydrogen (secondary N) is 1. The molecule has 4 aromatic rings. The molecule has 0 fully saturated rings. The predicted octanol–water partition coefficient (Wildman–Crippen LogP) is 3.71. The third kappa shape index (κ3) is 2.75. The molecule has 0 aliphatic carbocycles. The molecule has 0 saturated heterocycles. The SMILES string of the molecule is CCn1c(-c2ccc(NC(=O)c3ccnn3C)cc2)nc2ccccc21. The van der Waals surface area contributed by atoms with Crippen LogP contribution in [0.2, 0.25) is 0 Å². The summed E-state index contributed by atoms with van der Waals surface area (Å²) in [5.41, 5.74) is 4.37. The fourth-order valence-electron chi connectivity index (χ4n) is 3.11. The van der Waals surface area contributed by atoms with E-state index in [1.807, 2.05) is 42.5 Å². The number of rotatable bonds is 4. The van der Waals surface area contributed by atoms with Crippen molar-refractivity contribution in [1.82, 2.24) is 19.3 Å². The highest BCUT2D eigenvalue weighted by Crippen LogP contribution is 2.26. The van der Waals surface area contributed by atoms with Crippen molar-refractivity contribution in [3.05, 3.63) is 66.5 Å². The second kappa shape index (κ2) is 6.48. The lowest BCUT2D eigenvalue weighted by Gasteiger charge is -2.08. The normalized spacial score (nSPS) is 11.0. The first-order valence-corrected chi connectivity index (χ1v) is 8.52. The maximum Gasteiger partial charge on any atom is 0.273 e. The van der Waals surface area contributed by atoms with Crippen molar-refractivity contribution in [3.63, 3.8) is 0 Å². The van der Waals surface area contributed by atoms with Gasteiger partial charge in [-0.3, -0.25) is 9.48 Å². The van der Waals surface area contributed by atoms with Crippen molar-refractivity contribution in [1.29, 1.82) is 0 Å². The highest BCUT2D eigenvalue weighted by molar-refractivity contribution is 6.03. The molecular formula is C20H19N5O. The summed E-state index contributed by atoms with van der Waals surface area (Å²) in [6.45, 7) is 2.95. The van der Waals surface area contributed by atoms with E-state index in [0.29, 0.717) is 5.69 Å². The summed E-state index contributed by atoms with van der Waals surface area (Å²) in [6, 6.07) is 17.6. The van der Waals surface area contributed by atoms with E-state index in [4.69, 9.17) is 4.98 Å². The highest BCUT2D eigenvalue weighted by atomic mass is 16.2. The van der Waals surface area contributed by atoms with Crippen LogP contribution in [0.4, 0.5) is 5.69 Å². The monoisotopic (exact) mass is 345 g/mol. The number of carbonyl (C=O) groups is 1. The van der Waals surface area contributed by atoms with Crippen LogP contribution in [0, 0.1) is 0 Å². The Balaban J connectivity index is 1.62. The number of amides is 1. The summed E-state index contributed by atoms with van der Waals surface area (Å²) in [5.74, 6) is 0.747. The number of anilines is 1. The number of nitrogens with zero attached hydrogens (tertiary/aromatic N) is 4. The van der Waals surface area contributed by atoms with Crippen molar-refractivity contribution < 1.29 is 4.79 Å². The van der Waals surface area contributed by atoms with E-state index in [2.05, 4.69) is 28.0 Å². The van der Waals surface area contributed by atoms with Gasteiger partial charge in [-0.15, -0.1) is 0 Å². The summed E-state index contributed by atoms with van der Waals surface area (Å²) in [7, 11) is 1.74. The average molecular weight is 345 g/mol. The zero-order chi connectivity index (χ0) is 18.1. The largest absolute Gasteiger partial charge is 0.324 e. The lowest BCUT2D eigenvalue weighted by atomic mass is 10.2. The summed E-state index contributed by atoms with van der Waals surface area (Å²) in [6.07, 6.45) is 1.60. The first-order valence-electron chi connectivity index (χ1n) is 8.52. The molecule has 0 atom stereocenters. The quantitative estimate of drug-likeness (QED) is 0.613. The second-order valence-corrected chi connectivity index (χ2v) is 6.04. The van der Waals surface area contributed by atoms with E-state index in [-0.39, 0.29) is 5.91 Å². The van der Waals surface area contributed by atoms with Gasteiger partial charge >= 0.3 is 0 Å². The maximum atomic E-state index is 12.3.